The zero-order valence-electron chi connectivity index (χ0n) is 10.8. The normalized spacial score (nSPS) is 19.7. The first-order valence-corrected chi connectivity index (χ1v) is 6.17. The fraction of sp³-hybridized carbons (Fsp3) is 0.538. The monoisotopic (exact) mass is 249 g/mol. The topological polar surface area (TPSA) is 68.5 Å². The van der Waals surface area contributed by atoms with Crippen LogP contribution in [0.25, 0.3) is 0 Å². The van der Waals surface area contributed by atoms with Gasteiger partial charge < -0.3 is 15.4 Å². The van der Waals surface area contributed by atoms with Gasteiger partial charge in [0, 0.05) is 13.1 Å². The van der Waals surface area contributed by atoms with Crippen molar-refractivity contribution in [3.05, 3.63) is 17.8 Å². The number of esters is 1. The average molecular weight is 249 g/mol. The minimum atomic E-state index is -0.133. The Bertz CT molecular complexity index is 448. The number of methoxy groups -OCH3 is 1. The molecule has 2 heterocycles. The second-order valence-corrected chi connectivity index (χ2v) is 4.65. The van der Waals surface area contributed by atoms with Gasteiger partial charge >= 0.3 is 5.97 Å². The van der Waals surface area contributed by atoms with E-state index in [1.807, 2.05) is 19.1 Å². The highest BCUT2D eigenvalue weighted by Crippen LogP contribution is 2.23. The largest absolute Gasteiger partial charge is 0.469 e. The van der Waals surface area contributed by atoms with Crippen LogP contribution < -0.4 is 10.6 Å². The van der Waals surface area contributed by atoms with Crippen molar-refractivity contribution in [1.29, 1.82) is 0 Å². The molecule has 18 heavy (non-hydrogen) atoms. The van der Waals surface area contributed by atoms with Crippen molar-refractivity contribution < 1.29 is 9.53 Å². The molecule has 0 radical (unpaired) electrons. The third-order valence-electron chi connectivity index (χ3n) is 3.39. The molecule has 1 fully saturated rings. The van der Waals surface area contributed by atoms with Gasteiger partial charge in [-0.15, -0.1) is 0 Å². The maximum atomic E-state index is 11.6. The Morgan fingerprint density at radius 2 is 2.33 bits per heavy atom. The summed E-state index contributed by atoms with van der Waals surface area (Å²) in [5, 5.41) is 0. The molecule has 0 aromatic carbocycles. The Balaban J connectivity index is 2.13. The van der Waals surface area contributed by atoms with E-state index < -0.39 is 0 Å². The van der Waals surface area contributed by atoms with Crippen LogP contribution in [0.2, 0.25) is 0 Å². The number of piperidine rings is 1. The molecule has 0 amide bonds. The number of aryl methyl sites for hydroxylation is 1. The Kier molecular flexibility index (Phi) is 3.69. The van der Waals surface area contributed by atoms with E-state index in [4.69, 9.17) is 10.5 Å². The molecular formula is C13H19N3O2. The van der Waals surface area contributed by atoms with E-state index in [0.717, 1.165) is 30.9 Å². The van der Waals surface area contributed by atoms with Gasteiger partial charge in [-0.1, -0.05) is 0 Å². The van der Waals surface area contributed by atoms with E-state index >= 15 is 0 Å². The van der Waals surface area contributed by atoms with Crippen LogP contribution in [0.3, 0.4) is 0 Å². The van der Waals surface area contributed by atoms with Crippen LogP contribution in [0.5, 0.6) is 0 Å². The van der Waals surface area contributed by atoms with Gasteiger partial charge in [0.25, 0.3) is 0 Å². The van der Waals surface area contributed by atoms with Crippen LogP contribution in [0.4, 0.5) is 11.5 Å². The summed E-state index contributed by atoms with van der Waals surface area (Å²) in [7, 11) is 1.44. The minimum Gasteiger partial charge on any atom is -0.469 e. The smallest absolute Gasteiger partial charge is 0.310 e. The van der Waals surface area contributed by atoms with Gasteiger partial charge in [-0.3, -0.25) is 4.79 Å². The third kappa shape index (κ3) is 2.55. The predicted octanol–water partition coefficient (Wildman–Crippen LogP) is 1.36. The van der Waals surface area contributed by atoms with Gasteiger partial charge in [0.2, 0.25) is 0 Å². The number of pyridine rings is 1. The zero-order chi connectivity index (χ0) is 13.1. The van der Waals surface area contributed by atoms with Crippen LogP contribution in [-0.4, -0.2) is 31.2 Å². The van der Waals surface area contributed by atoms with Gasteiger partial charge in [-0.25, -0.2) is 4.98 Å². The van der Waals surface area contributed by atoms with Gasteiger partial charge in [0.1, 0.15) is 5.82 Å². The zero-order valence-corrected chi connectivity index (χ0v) is 10.8. The number of ether oxygens (including phenoxy) is 1. The van der Waals surface area contributed by atoms with Gasteiger partial charge in [0.15, 0.2) is 0 Å². The molecule has 0 saturated carbocycles. The lowest BCUT2D eigenvalue weighted by molar-refractivity contribution is -0.145. The lowest BCUT2D eigenvalue weighted by atomic mass is 9.98. The lowest BCUT2D eigenvalue weighted by Gasteiger charge is -2.32. The summed E-state index contributed by atoms with van der Waals surface area (Å²) in [6.45, 7) is 3.48. The number of carbonyl (C=O) groups excluding carboxylic acids is 1. The quantitative estimate of drug-likeness (QED) is 0.801. The Hall–Kier alpha value is -1.78. The second kappa shape index (κ2) is 5.25. The van der Waals surface area contributed by atoms with E-state index in [9.17, 15) is 4.79 Å². The van der Waals surface area contributed by atoms with E-state index in [2.05, 4.69) is 9.88 Å². The van der Waals surface area contributed by atoms with Crippen molar-refractivity contribution in [3.63, 3.8) is 0 Å². The summed E-state index contributed by atoms with van der Waals surface area (Å²) in [5.41, 5.74) is 7.28. The molecule has 1 aliphatic heterocycles. The fourth-order valence-electron chi connectivity index (χ4n) is 2.28. The number of nitrogen functional groups attached to an aromatic ring is 1. The van der Waals surface area contributed by atoms with E-state index in [1.54, 1.807) is 0 Å². The number of carbonyl (C=O) groups is 1. The summed E-state index contributed by atoms with van der Waals surface area (Å²) >= 11 is 0. The van der Waals surface area contributed by atoms with Gasteiger partial charge in [0.05, 0.1) is 24.4 Å². The molecule has 5 nitrogen and oxygen atoms in total. The number of aromatic nitrogens is 1. The Morgan fingerprint density at radius 1 is 1.56 bits per heavy atom. The van der Waals surface area contributed by atoms with Crippen molar-refractivity contribution in [2.75, 3.05) is 30.8 Å². The summed E-state index contributed by atoms with van der Waals surface area (Å²) < 4.78 is 4.81. The molecule has 1 aliphatic rings. The first-order valence-electron chi connectivity index (χ1n) is 6.17. The van der Waals surface area contributed by atoms with Crippen LogP contribution in [0.15, 0.2) is 12.1 Å². The molecule has 5 heteroatoms. The van der Waals surface area contributed by atoms with E-state index in [-0.39, 0.29) is 11.9 Å². The number of rotatable bonds is 2. The van der Waals surface area contributed by atoms with E-state index in [0.29, 0.717) is 12.2 Å². The number of nitrogens with two attached hydrogens (primary N) is 1. The highest BCUT2D eigenvalue weighted by Gasteiger charge is 2.27. The van der Waals surface area contributed by atoms with E-state index in [1.165, 1.54) is 7.11 Å². The molecule has 98 valence electrons. The lowest BCUT2D eigenvalue weighted by Crippen LogP contribution is -2.39. The molecule has 0 aliphatic carbocycles. The number of hydrogen-bond donors (Lipinski definition) is 1. The van der Waals surface area contributed by atoms with Crippen LogP contribution in [-0.2, 0) is 9.53 Å². The first kappa shape index (κ1) is 12.7. The van der Waals surface area contributed by atoms with Crippen molar-refractivity contribution >= 4 is 17.5 Å². The van der Waals surface area contributed by atoms with Gasteiger partial charge in [-0.2, -0.15) is 0 Å². The summed E-state index contributed by atoms with van der Waals surface area (Å²) in [6, 6.07) is 3.77. The van der Waals surface area contributed by atoms with Gasteiger partial charge in [-0.05, 0) is 31.9 Å². The molecule has 1 aromatic rings. The van der Waals surface area contributed by atoms with Crippen LogP contribution in [0, 0.1) is 12.8 Å². The average Bonchev–Trinajstić information content (AvgIpc) is 2.41. The fourth-order valence-corrected chi connectivity index (χ4v) is 2.28. The molecule has 1 aromatic heterocycles. The SMILES string of the molecule is COC(=O)C1CCCN(c2ccc(N)c(C)n2)C1. The van der Waals surface area contributed by atoms with Crippen molar-refractivity contribution in [2.24, 2.45) is 5.92 Å². The number of anilines is 2. The van der Waals surface area contributed by atoms with Crippen molar-refractivity contribution in [1.82, 2.24) is 4.98 Å². The standard InChI is InChI=1S/C13H19N3O2/c1-9-11(14)5-6-12(15-9)16-7-3-4-10(8-16)13(17)18-2/h5-6,10H,3-4,7-8,14H2,1-2H3. The molecule has 0 bridgehead atoms. The highest BCUT2D eigenvalue weighted by molar-refractivity contribution is 5.73. The molecule has 1 atom stereocenters. The maximum Gasteiger partial charge on any atom is 0.310 e. The molecular weight excluding hydrogens is 230 g/mol. The Morgan fingerprint density at radius 3 is 3.00 bits per heavy atom. The van der Waals surface area contributed by atoms with Crippen LogP contribution >= 0.6 is 0 Å². The maximum absolute atomic E-state index is 11.6. The molecule has 1 unspecified atom stereocenters. The third-order valence-corrected chi connectivity index (χ3v) is 3.39. The number of nitrogens with zero attached hydrogens (tertiary/aromatic N) is 2. The summed E-state index contributed by atoms with van der Waals surface area (Å²) in [4.78, 5) is 18.2. The minimum absolute atomic E-state index is 0.0524. The highest BCUT2D eigenvalue weighted by atomic mass is 16.5. The molecule has 2 rings (SSSR count). The number of hydrogen-bond acceptors (Lipinski definition) is 5. The summed E-state index contributed by atoms with van der Waals surface area (Å²) in [6.07, 6.45) is 1.86. The molecule has 1 saturated heterocycles. The molecule has 0 spiro atoms. The van der Waals surface area contributed by atoms with Crippen molar-refractivity contribution in [2.45, 2.75) is 19.8 Å². The second-order valence-electron chi connectivity index (χ2n) is 4.65. The predicted molar refractivity (Wildman–Crippen MR) is 70.3 cm³/mol. The molecule has 2 N–H and O–H groups in total. The summed E-state index contributed by atoms with van der Waals surface area (Å²) in [5.74, 6) is 0.700. The first-order chi connectivity index (χ1) is 8.61. The van der Waals surface area contributed by atoms with Crippen LogP contribution in [0.1, 0.15) is 18.5 Å². The Labute approximate surface area is 107 Å². The van der Waals surface area contributed by atoms with Crippen molar-refractivity contribution in [3.8, 4) is 0 Å².